The molecule has 2 N–H and O–H groups in total. The smallest absolute Gasteiger partial charge is 0.0666 e. The van der Waals surface area contributed by atoms with Gasteiger partial charge in [-0.2, -0.15) is 5.26 Å². The van der Waals surface area contributed by atoms with Crippen molar-refractivity contribution in [2.24, 2.45) is 11.8 Å². The first kappa shape index (κ1) is 11.4. The first-order valence-corrected chi connectivity index (χ1v) is 4.35. The van der Waals surface area contributed by atoms with Gasteiger partial charge in [0.05, 0.1) is 18.6 Å². The number of hydrogen-bond acceptors (Lipinski definition) is 3. The quantitative estimate of drug-likeness (QED) is 0.640. The van der Waals surface area contributed by atoms with E-state index in [1.165, 1.54) is 0 Å². The first-order chi connectivity index (χ1) is 5.61. The van der Waals surface area contributed by atoms with Crippen molar-refractivity contribution >= 4 is 0 Å². The highest BCUT2D eigenvalue weighted by Crippen LogP contribution is 2.01. The molecule has 0 saturated carbocycles. The SMILES string of the molecule is CC(C#N)CNC(CO)C(C)C. The summed E-state index contributed by atoms with van der Waals surface area (Å²) in [6.07, 6.45) is 0. The van der Waals surface area contributed by atoms with E-state index >= 15 is 0 Å². The molecule has 0 aromatic heterocycles. The number of nitrogens with zero attached hydrogens (tertiary/aromatic N) is 1. The van der Waals surface area contributed by atoms with Crippen LogP contribution in [0.3, 0.4) is 0 Å². The Hall–Kier alpha value is -0.590. The number of hydrogen-bond donors (Lipinski definition) is 2. The number of aliphatic hydroxyl groups is 1. The molecule has 2 atom stereocenters. The summed E-state index contributed by atoms with van der Waals surface area (Å²) in [6.45, 7) is 6.74. The molecular formula is C9H18N2O. The minimum atomic E-state index is 0.0119. The van der Waals surface area contributed by atoms with Crippen molar-refractivity contribution in [3.05, 3.63) is 0 Å². The molecular weight excluding hydrogens is 152 g/mol. The molecule has 0 spiro atoms. The summed E-state index contributed by atoms with van der Waals surface area (Å²) in [6, 6.07) is 2.25. The molecule has 0 saturated heterocycles. The van der Waals surface area contributed by atoms with E-state index in [1.54, 1.807) is 0 Å². The third-order valence-corrected chi connectivity index (χ3v) is 1.91. The van der Waals surface area contributed by atoms with E-state index in [-0.39, 0.29) is 18.6 Å². The van der Waals surface area contributed by atoms with Crippen LogP contribution in [0.2, 0.25) is 0 Å². The number of rotatable bonds is 5. The lowest BCUT2D eigenvalue weighted by Gasteiger charge is -2.20. The number of nitrogens with one attached hydrogen (secondary N) is 1. The van der Waals surface area contributed by atoms with Gasteiger partial charge in [-0.3, -0.25) is 0 Å². The summed E-state index contributed by atoms with van der Waals surface area (Å²) in [5, 5.41) is 20.6. The largest absolute Gasteiger partial charge is 0.395 e. The zero-order valence-corrected chi connectivity index (χ0v) is 8.04. The summed E-state index contributed by atoms with van der Waals surface area (Å²) in [7, 11) is 0. The molecule has 3 nitrogen and oxygen atoms in total. The Balaban J connectivity index is 3.67. The summed E-state index contributed by atoms with van der Waals surface area (Å²) in [4.78, 5) is 0. The summed E-state index contributed by atoms with van der Waals surface area (Å²) < 4.78 is 0. The maximum absolute atomic E-state index is 8.94. The van der Waals surface area contributed by atoms with Crippen LogP contribution in [0.1, 0.15) is 20.8 Å². The maximum Gasteiger partial charge on any atom is 0.0666 e. The highest BCUT2D eigenvalue weighted by Gasteiger charge is 2.11. The Morgan fingerprint density at radius 3 is 2.33 bits per heavy atom. The standard InChI is InChI=1S/C9H18N2O/c1-7(2)9(6-12)11-5-8(3)4-10/h7-9,11-12H,5-6H2,1-3H3. The van der Waals surface area contributed by atoms with E-state index in [9.17, 15) is 0 Å². The number of aliphatic hydroxyl groups excluding tert-OH is 1. The monoisotopic (exact) mass is 170 g/mol. The van der Waals surface area contributed by atoms with Crippen LogP contribution in [-0.2, 0) is 0 Å². The van der Waals surface area contributed by atoms with Gasteiger partial charge in [0.2, 0.25) is 0 Å². The molecule has 0 bridgehead atoms. The van der Waals surface area contributed by atoms with Crippen LogP contribution in [0, 0.1) is 23.2 Å². The summed E-state index contributed by atoms with van der Waals surface area (Å²) in [5.74, 6) is 0.415. The van der Waals surface area contributed by atoms with E-state index in [2.05, 4.69) is 11.4 Å². The predicted octanol–water partition coefficient (Wildman–Crippen LogP) is 0.753. The Bertz CT molecular complexity index is 151. The van der Waals surface area contributed by atoms with Gasteiger partial charge in [-0.15, -0.1) is 0 Å². The zero-order valence-electron chi connectivity index (χ0n) is 8.04. The van der Waals surface area contributed by atoms with Gasteiger partial charge in [0.1, 0.15) is 0 Å². The van der Waals surface area contributed by atoms with Crippen LogP contribution >= 0.6 is 0 Å². The molecule has 0 aromatic rings. The van der Waals surface area contributed by atoms with Crippen LogP contribution in [0.4, 0.5) is 0 Å². The molecule has 3 heteroatoms. The second-order valence-electron chi connectivity index (χ2n) is 3.47. The molecule has 0 aliphatic rings. The second-order valence-corrected chi connectivity index (χ2v) is 3.47. The molecule has 0 aliphatic heterocycles. The lowest BCUT2D eigenvalue weighted by Crippen LogP contribution is -2.39. The van der Waals surface area contributed by atoms with Crippen LogP contribution in [0.5, 0.6) is 0 Å². The van der Waals surface area contributed by atoms with E-state index in [0.29, 0.717) is 12.5 Å². The van der Waals surface area contributed by atoms with Crippen molar-refractivity contribution in [2.75, 3.05) is 13.2 Å². The highest BCUT2D eigenvalue weighted by atomic mass is 16.3. The lowest BCUT2D eigenvalue weighted by atomic mass is 10.0. The van der Waals surface area contributed by atoms with Crippen molar-refractivity contribution in [3.8, 4) is 6.07 Å². The van der Waals surface area contributed by atoms with Crippen LogP contribution < -0.4 is 5.32 Å². The van der Waals surface area contributed by atoms with Crippen molar-refractivity contribution in [3.63, 3.8) is 0 Å². The maximum atomic E-state index is 8.94. The minimum Gasteiger partial charge on any atom is -0.395 e. The topological polar surface area (TPSA) is 56.0 Å². The Morgan fingerprint density at radius 2 is 2.00 bits per heavy atom. The molecule has 0 fully saturated rings. The second kappa shape index (κ2) is 5.99. The van der Waals surface area contributed by atoms with Gasteiger partial charge in [0.15, 0.2) is 0 Å². The van der Waals surface area contributed by atoms with Crippen molar-refractivity contribution in [1.82, 2.24) is 5.32 Å². The number of nitriles is 1. The molecule has 0 aliphatic carbocycles. The average molecular weight is 170 g/mol. The summed E-state index contributed by atoms with van der Waals surface area (Å²) in [5.41, 5.74) is 0. The molecule has 0 aromatic carbocycles. The van der Waals surface area contributed by atoms with E-state index < -0.39 is 0 Å². The highest BCUT2D eigenvalue weighted by molar-refractivity contribution is 4.82. The van der Waals surface area contributed by atoms with Gasteiger partial charge in [0, 0.05) is 12.6 Å². The molecule has 0 radical (unpaired) electrons. The minimum absolute atomic E-state index is 0.0119. The van der Waals surface area contributed by atoms with Gasteiger partial charge in [-0.1, -0.05) is 13.8 Å². The average Bonchev–Trinajstić information content (AvgIpc) is 2.04. The van der Waals surface area contributed by atoms with Gasteiger partial charge in [-0.05, 0) is 12.8 Å². The normalized spacial score (nSPS) is 15.7. The molecule has 2 unspecified atom stereocenters. The molecule has 0 rings (SSSR count). The van der Waals surface area contributed by atoms with Crippen molar-refractivity contribution in [1.29, 1.82) is 5.26 Å². The fraction of sp³-hybridized carbons (Fsp3) is 0.889. The van der Waals surface area contributed by atoms with Crippen LogP contribution in [0.25, 0.3) is 0 Å². The van der Waals surface area contributed by atoms with Gasteiger partial charge in [0.25, 0.3) is 0 Å². The Kier molecular flexibility index (Phi) is 5.69. The third-order valence-electron chi connectivity index (χ3n) is 1.91. The first-order valence-electron chi connectivity index (χ1n) is 4.35. The summed E-state index contributed by atoms with van der Waals surface area (Å²) >= 11 is 0. The fourth-order valence-electron chi connectivity index (χ4n) is 0.885. The van der Waals surface area contributed by atoms with Crippen LogP contribution in [0.15, 0.2) is 0 Å². The van der Waals surface area contributed by atoms with Gasteiger partial charge < -0.3 is 10.4 Å². The van der Waals surface area contributed by atoms with Gasteiger partial charge in [-0.25, -0.2) is 0 Å². The van der Waals surface area contributed by atoms with Crippen LogP contribution in [-0.4, -0.2) is 24.3 Å². The van der Waals surface area contributed by atoms with Gasteiger partial charge >= 0.3 is 0 Å². The zero-order chi connectivity index (χ0) is 9.56. The Labute approximate surface area is 74.4 Å². The predicted molar refractivity (Wildman–Crippen MR) is 48.5 cm³/mol. The third kappa shape index (κ3) is 4.32. The molecule has 0 heterocycles. The lowest BCUT2D eigenvalue weighted by molar-refractivity contribution is 0.209. The van der Waals surface area contributed by atoms with E-state index in [1.807, 2.05) is 20.8 Å². The fourth-order valence-corrected chi connectivity index (χ4v) is 0.885. The van der Waals surface area contributed by atoms with Crippen molar-refractivity contribution < 1.29 is 5.11 Å². The molecule has 70 valence electrons. The molecule has 0 amide bonds. The van der Waals surface area contributed by atoms with E-state index in [4.69, 9.17) is 10.4 Å². The Morgan fingerprint density at radius 1 is 1.42 bits per heavy atom. The van der Waals surface area contributed by atoms with Crippen molar-refractivity contribution in [2.45, 2.75) is 26.8 Å². The molecule has 12 heavy (non-hydrogen) atoms. The van der Waals surface area contributed by atoms with E-state index in [0.717, 1.165) is 0 Å².